The molecule has 0 aliphatic heterocycles. The zero-order valence-electron chi connectivity index (χ0n) is 12.5. The van der Waals surface area contributed by atoms with Crippen LogP contribution in [0.5, 0.6) is 11.6 Å². The van der Waals surface area contributed by atoms with Gasteiger partial charge in [0, 0.05) is 0 Å². The number of hydrogen-bond donors (Lipinski definition) is 0. The van der Waals surface area contributed by atoms with E-state index in [9.17, 15) is 0 Å². The fraction of sp³-hybridized carbons (Fsp3) is 0.375. The van der Waals surface area contributed by atoms with Gasteiger partial charge in [-0.15, -0.1) is 0 Å². The quantitative estimate of drug-likeness (QED) is 0.749. The first-order valence-corrected chi connectivity index (χ1v) is 7.04. The first kappa shape index (κ1) is 14.8. The van der Waals surface area contributed by atoms with Gasteiger partial charge in [0.1, 0.15) is 17.2 Å². The summed E-state index contributed by atoms with van der Waals surface area (Å²) >= 11 is 6.16. The molecule has 1 aromatic carbocycles. The van der Waals surface area contributed by atoms with Crippen LogP contribution >= 0.6 is 11.6 Å². The minimum atomic E-state index is 0.199. The lowest BCUT2D eigenvalue weighted by molar-refractivity contribution is 0.447. The van der Waals surface area contributed by atoms with Crippen molar-refractivity contribution < 1.29 is 4.74 Å². The third kappa shape index (κ3) is 2.93. The summed E-state index contributed by atoms with van der Waals surface area (Å²) in [5, 5.41) is 0.451. The number of aromatic nitrogens is 2. The molecule has 0 aliphatic rings. The highest BCUT2D eigenvalue weighted by Gasteiger charge is 2.16. The highest BCUT2D eigenvalue weighted by Crippen LogP contribution is 2.34. The van der Waals surface area contributed by atoms with Crippen molar-refractivity contribution in [2.45, 2.75) is 40.5 Å². The van der Waals surface area contributed by atoms with E-state index in [1.165, 1.54) is 11.9 Å². The molecule has 2 rings (SSSR count). The molecule has 1 heterocycles. The Morgan fingerprint density at radius 2 is 1.80 bits per heavy atom. The van der Waals surface area contributed by atoms with Gasteiger partial charge in [0.05, 0.1) is 5.56 Å². The van der Waals surface area contributed by atoms with Crippen molar-refractivity contribution in [3.63, 3.8) is 0 Å². The molecule has 0 atom stereocenters. The Kier molecular flexibility index (Phi) is 4.29. The molecule has 0 radical (unpaired) electrons. The summed E-state index contributed by atoms with van der Waals surface area (Å²) in [5.74, 6) is 1.55. The maximum Gasteiger partial charge on any atom is 0.227 e. The summed E-state index contributed by atoms with van der Waals surface area (Å²) in [7, 11) is 0. The van der Waals surface area contributed by atoms with E-state index in [2.05, 4.69) is 29.9 Å². The first-order chi connectivity index (χ1) is 9.40. The Hall–Kier alpha value is -1.61. The Bertz CT molecular complexity index is 639. The Labute approximate surface area is 125 Å². The second-order valence-corrected chi connectivity index (χ2v) is 5.70. The summed E-state index contributed by atoms with van der Waals surface area (Å²) in [4.78, 5) is 8.27. The van der Waals surface area contributed by atoms with Gasteiger partial charge in [-0.3, -0.25) is 0 Å². The van der Waals surface area contributed by atoms with Crippen molar-refractivity contribution in [1.82, 2.24) is 9.97 Å². The second kappa shape index (κ2) is 5.80. The zero-order valence-corrected chi connectivity index (χ0v) is 13.2. The number of rotatable bonds is 3. The smallest absolute Gasteiger partial charge is 0.227 e. The van der Waals surface area contributed by atoms with Crippen molar-refractivity contribution in [2.24, 2.45) is 0 Å². The lowest BCUT2D eigenvalue weighted by atomic mass is 10.1. The number of ether oxygens (including phenoxy) is 1. The summed E-state index contributed by atoms with van der Waals surface area (Å²) in [6.07, 6.45) is 1.43. The lowest BCUT2D eigenvalue weighted by Gasteiger charge is -2.16. The normalized spacial score (nSPS) is 10.9. The highest BCUT2D eigenvalue weighted by atomic mass is 35.5. The van der Waals surface area contributed by atoms with Crippen LogP contribution in [0.15, 0.2) is 18.5 Å². The Balaban J connectivity index is 2.48. The van der Waals surface area contributed by atoms with Gasteiger partial charge in [0.25, 0.3) is 0 Å². The van der Waals surface area contributed by atoms with Crippen molar-refractivity contribution >= 4 is 11.6 Å². The SMILES string of the molecule is Cc1cc(C)c(C)c(Oc2ncnc(Cl)c2C(C)C)c1. The average Bonchev–Trinajstić information content (AvgIpc) is 2.35. The largest absolute Gasteiger partial charge is 0.438 e. The van der Waals surface area contributed by atoms with Gasteiger partial charge < -0.3 is 4.74 Å². The minimum Gasteiger partial charge on any atom is -0.438 e. The van der Waals surface area contributed by atoms with Crippen LogP contribution in [0.1, 0.15) is 42.0 Å². The molecule has 3 nitrogen and oxygen atoms in total. The van der Waals surface area contributed by atoms with Crippen LogP contribution in [0, 0.1) is 20.8 Å². The van der Waals surface area contributed by atoms with Crippen LogP contribution in [0.2, 0.25) is 5.15 Å². The monoisotopic (exact) mass is 290 g/mol. The van der Waals surface area contributed by atoms with E-state index in [-0.39, 0.29) is 5.92 Å². The highest BCUT2D eigenvalue weighted by molar-refractivity contribution is 6.30. The molecule has 1 aromatic heterocycles. The van der Waals surface area contributed by atoms with Crippen LogP contribution in [0.25, 0.3) is 0 Å². The zero-order chi connectivity index (χ0) is 14.9. The average molecular weight is 291 g/mol. The molecular weight excluding hydrogens is 272 g/mol. The molecule has 0 saturated carbocycles. The van der Waals surface area contributed by atoms with E-state index in [0.717, 1.165) is 22.4 Å². The minimum absolute atomic E-state index is 0.199. The van der Waals surface area contributed by atoms with E-state index >= 15 is 0 Å². The number of nitrogens with zero attached hydrogens (tertiary/aromatic N) is 2. The van der Waals surface area contributed by atoms with Gasteiger partial charge >= 0.3 is 0 Å². The molecule has 0 N–H and O–H groups in total. The van der Waals surface area contributed by atoms with Crippen LogP contribution in [0.4, 0.5) is 0 Å². The molecule has 0 bridgehead atoms. The molecule has 0 unspecified atom stereocenters. The number of hydrogen-bond acceptors (Lipinski definition) is 3. The Morgan fingerprint density at radius 1 is 1.10 bits per heavy atom. The third-order valence-corrected chi connectivity index (χ3v) is 3.65. The molecule has 106 valence electrons. The molecule has 0 saturated heterocycles. The van der Waals surface area contributed by atoms with E-state index in [1.54, 1.807) is 0 Å². The van der Waals surface area contributed by atoms with Gasteiger partial charge in [-0.05, 0) is 49.4 Å². The van der Waals surface area contributed by atoms with Crippen LogP contribution in [0.3, 0.4) is 0 Å². The van der Waals surface area contributed by atoms with Crippen molar-refractivity contribution in [1.29, 1.82) is 0 Å². The van der Waals surface area contributed by atoms with Gasteiger partial charge in [0.15, 0.2) is 0 Å². The van der Waals surface area contributed by atoms with Gasteiger partial charge in [-0.1, -0.05) is 31.5 Å². The van der Waals surface area contributed by atoms with E-state index in [0.29, 0.717) is 11.0 Å². The van der Waals surface area contributed by atoms with Gasteiger partial charge in [-0.2, -0.15) is 0 Å². The van der Waals surface area contributed by atoms with E-state index in [4.69, 9.17) is 16.3 Å². The van der Waals surface area contributed by atoms with E-state index in [1.807, 2.05) is 26.8 Å². The number of aryl methyl sites for hydroxylation is 2. The standard InChI is InChI=1S/C16H19ClN2O/c1-9(2)14-15(17)18-8-19-16(14)20-13-7-10(3)6-11(4)12(13)5/h6-9H,1-5H3. The van der Waals surface area contributed by atoms with Crippen LogP contribution < -0.4 is 4.74 Å². The van der Waals surface area contributed by atoms with Crippen LogP contribution in [-0.4, -0.2) is 9.97 Å². The van der Waals surface area contributed by atoms with Gasteiger partial charge in [0.2, 0.25) is 5.88 Å². The molecule has 4 heteroatoms. The maximum atomic E-state index is 6.16. The molecule has 0 spiro atoms. The summed E-state index contributed by atoms with van der Waals surface area (Å²) in [6, 6.07) is 4.15. The third-order valence-electron chi connectivity index (χ3n) is 3.35. The lowest BCUT2D eigenvalue weighted by Crippen LogP contribution is -2.01. The fourth-order valence-electron chi connectivity index (χ4n) is 2.14. The summed E-state index contributed by atoms with van der Waals surface area (Å²) in [6.45, 7) is 10.3. The molecule has 2 aromatic rings. The topological polar surface area (TPSA) is 35.0 Å². The van der Waals surface area contributed by atoms with Crippen LogP contribution in [-0.2, 0) is 0 Å². The Morgan fingerprint density at radius 3 is 2.45 bits per heavy atom. The summed E-state index contributed by atoms with van der Waals surface area (Å²) < 4.78 is 6.01. The first-order valence-electron chi connectivity index (χ1n) is 6.66. The van der Waals surface area contributed by atoms with Gasteiger partial charge in [-0.25, -0.2) is 9.97 Å². The molecule has 0 fully saturated rings. The number of halogens is 1. The predicted octanol–water partition coefficient (Wildman–Crippen LogP) is 4.97. The maximum absolute atomic E-state index is 6.16. The van der Waals surface area contributed by atoms with Crippen molar-refractivity contribution in [3.8, 4) is 11.6 Å². The molecular formula is C16H19ClN2O. The number of benzene rings is 1. The fourth-order valence-corrected chi connectivity index (χ4v) is 2.48. The second-order valence-electron chi connectivity index (χ2n) is 5.35. The van der Waals surface area contributed by atoms with Crippen molar-refractivity contribution in [3.05, 3.63) is 45.9 Å². The predicted molar refractivity (Wildman–Crippen MR) is 81.9 cm³/mol. The molecule has 0 aliphatic carbocycles. The van der Waals surface area contributed by atoms with E-state index < -0.39 is 0 Å². The molecule has 0 amide bonds. The summed E-state index contributed by atoms with van der Waals surface area (Å²) in [5.41, 5.74) is 4.31. The van der Waals surface area contributed by atoms with Crippen molar-refractivity contribution in [2.75, 3.05) is 0 Å². The molecule has 20 heavy (non-hydrogen) atoms.